The van der Waals surface area contributed by atoms with Gasteiger partial charge in [-0.2, -0.15) is 0 Å². The maximum atomic E-state index is 11.7. The molecule has 1 saturated heterocycles. The van der Waals surface area contributed by atoms with Crippen molar-refractivity contribution in [1.29, 1.82) is 0 Å². The minimum atomic E-state index is -1.55. The molecule has 9 nitrogen and oxygen atoms in total. The van der Waals surface area contributed by atoms with Crippen molar-refractivity contribution in [3.8, 4) is 23.0 Å². The largest absolute Gasteiger partial charge is 0.504 e. The Balaban J connectivity index is 2.18. The lowest BCUT2D eigenvalue weighted by Crippen LogP contribution is -2.27. The SMILES string of the molecule is O=C(O)[C@H]1O[C@@H](C(=O)O)[C@@H](c2ccc(O)c(O)c2)[C@H]1c1ccc(O)c(O)c1. The first kappa shape index (κ1) is 18.3. The fourth-order valence-electron chi connectivity index (χ4n) is 3.39. The highest BCUT2D eigenvalue weighted by Crippen LogP contribution is 2.49. The zero-order chi connectivity index (χ0) is 19.9. The quantitative estimate of drug-likeness (QED) is 0.431. The fourth-order valence-corrected chi connectivity index (χ4v) is 3.39. The zero-order valence-corrected chi connectivity index (χ0v) is 13.7. The van der Waals surface area contributed by atoms with Crippen LogP contribution in [-0.4, -0.2) is 54.8 Å². The van der Waals surface area contributed by atoms with E-state index >= 15 is 0 Å². The number of carbonyl (C=O) groups is 2. The molecule has 0 aliphatic carbocycles. The standard InChI is InChI=1S/C18H16O9/c19-9-3-1-7(5-11(9)21)13-14(8-2-4-10(20)12(22)6-8)16(18(25)26)27-15(13)17(23)24/h1-6,13-16,19-22H,(H,23,24)(H,25,26)/t13-,14+,15+,16-. The highest BCUT2D eigenvalue weighted by molar-refractivity contribution is 5.80. The minimum absolute atomic E-state index is 0.235. The number of carboxylic acid groups (broad SMARTS) is 2. The number of hydrogen-bond donors (Lipinski definition) is 6. The summed E-state index contributed by atoms with van der Waals surface area (Å²) in [6, 6.07) is 7.30. The number of carboxylic acids is 2. The summed E-state index contributed by atoms with van der Waals surface area (Å²) in [6.45, 7) is 0. The summed E-state index contributed by atoms with van der Waals surface area (Å²) in [5, 5.41) is 57.6. The third-order valence-corrected chi connectivity index (χ3v) is 4.59. The Labute approximate surface area is 152 Å². The number of aromatic hydroxyl groups is 4. The van der Waals surface area contributed by atoms with Crippen molar-refractivity contribution in [2.75, 3.05) is 0 Å². The number of benzene rings is 2. The molecule has 1 fully saturated rings. The highest BCUT2D eigenvalue weighted by atomic mass is 16.5. The van der Waals surface area contributed by atoms with Gasteiger partial charge in [-0.15, -0.1) is 0 Å². The molecule has 0 radical (unpaired) electrons. The van der Waals surface area contributed by atoms with Crippen LogP contribution in [0.5, 0.6) is 23.0 Å². The molecule has 142 valence electrons. The van der Waals surface area contributed by atoms with Crippen LogP contribution in [0.2, 0.25) is 0 Å². The van der Waals surface area contributed by atoms with Crippen molar-refractivity contribution in [3.05, 3.63) is 47.5 Å². The summed E-state index contributed by atoms with van der Waals surface area (Å²) in [7, 11) is 0. The molecule has 0 unspecified atom stereocenters. The highest BCUT2D eigenvalue weighted by Gasteiger charge is 2.52. The van der Waals surface area contributed by atoms with Crippen molar-refractivity contribution in [1.82, 2.24) is 0 Å². The first-order chi connectivity index (χ1) is 12.7. The fraction of sp³-hybridized carbons (Fsp3) is 0.222. The number of hydrogen-bond acceptors (Lipinski definition) is 7. The van der Waals surface area contributed by atoms with Gasteiger partial charge < -0.3 is 35.4 Å². The predicted molar refractivity (Wildman–Crippen MR) is 89.0 cm³/mol. The van der Waals surface area contributed by atoms with Crippen LogP contribution in [0.1, 0.15) is 23.0 Å². The van der Waals surface area contributed by atoms with E-state index in [4.69, 9.17) is 4.74 Å². The average Bonchev–Trinajstić information content (AvgIpc) is 3.01. The molecule has 2 aromatic rings. The van der Waals surface area contributed by atoms with Crippen LogP contribution in [0.15, 0.2) is 36.4 Å². The lowest BCUT2D eigenvalue weighted by atomic mass is 9.77. The number of phenolic OH excluding ortho intramolecular Hbond substituents is 4. The van der Waals surface area contributed by atoms with Crippen LogP contribution in [0.25, 0.3) is 0 Å². The molecule has 9 heteroatoms. The van der Waals surface area contributed by atoms with E-state index in [1.807, 2.05) is 0 Å². The summed E-state index contributed by atoms with van der Waals surface area (Å²) in [4.78, 5) is 23.4. The molecule has 6 N–H and O–H groups in total. The molecule has 2 aromatic carbocycles. The summed E-state index contributed by atoms with van der Waals surface area (Å²) in [5.41, 5.74) is 0.470. The molecule has 0 saturated carbocycles. The third-order valence-electron chi connectivity index (χ3n) is 4.59. The van der Waals surface area contributed by atoms with Crippen molar-refractivity contribution in [3.63, 3.8) is 0 Å². The third kappa shape index (κ3) is 3.20. The summed E-state index contributed by atoms with van der Waals surface area (Å²) >= 11 is 0. The first-order valence-electron chi connectivity index (χ1n) is 7.85. The minimum Gasteiger partial charge on any atom is -0.504 e. The Hall–Kier alpha value is -3.46. The molecule has 0 bridgehead atoms. The van der Waals surface area contributed by atoms with Crippen LogP contribution in [-0.2, 0) is 14.3 Å². The maximum absolute atomic E-state index is 11.7. The normalized spacial score (nSPS) is 24.6. The van der Waals surface area contributed by atoms with E-state index in [1.54, 1.807) is 0 Å². The van der Waals surface area contributed by atoms with Crippen LogP contribution in [0, 0.1) is 0 Å². The molecule has 0 spiro atoms. The van der Waals surface area contributed by atoms with E-state index in [0.29, 0.717) is 0 Å². The maximum Gasteiger partial charge on any atom is 0.333 e. The first-order valence-corrected chi connectivity index (χ1v) is 7.85. The van der Waals surface area contributed by atoms with Gasteiger partial charge in [-0.1, -0.05) is 12.1 Å². The van der Waals surface area contributed by atoms with Crippen molar-refractivity contribution in [2.45, 2.75) is 24.0 Å². The molecule has 27 heavy (non-hydrogen) atoms. The summed E-state index contributed by atoms with van der Waals surface area (Å²) in [6.07, 6.45) is -3.09. The van der Waals surface area contributed by atoms with Gasteiger partial charge in [0, 0.05) is 11.8 Å². The van der Waals surface area contributed by atoms with Gasteiger partial charge in [0.2, 0.25) is 0 Å². The Bertz CT molecular complexity index is 834. The molecule has 1 aliphatic heterocycles. The van der Waals surface area contributed by atoms with Crippen LogP contribution in [0.4, 0.5) is 0 Å². The number of aliphatic carboxylic acids is 2. The van der Waals surface area contributed by atoms with Gasteiger partial charge in [-0.3, -0.25) is 0 Å². The Morgan fingerprint density at radius 3 is 1.33 bits per heavy atom. The van der Waals surface area contributed by atoms with Crippen molar-refractivity contribution >= 4 is 11.9 Å². The second-order valence-electron chi connectivity index (χ2n) is 6.20. The Morgan fingerprint density at radius 1 is 0.667 bits per heavy atom. The molecular weight excluding hydrogens is 360 g/mol. The number of phenols is 4. The lowest BCUT2D eigenvalue weighted by molar-refractivity contribution is -0.158. The van der Waals surface area contributed by atoms with Crippen LogP contribution in [0.3, 0.4) is 0 Å². The molecule has 0 amide bonds. The zero-order valence-electron chi connectivity index (χ0n) is 13.7. The smallest absolute Gasteiger partial charge is 0.333 e. The Morgan fingerprint density at radius 2 is 1.04 bits per heavy atom. The van der Waals surface area contributed by atoms with Gasteiger partial charge in [0.05, 0.1) is 0 Å². The van der Waals surface area contributed by atoms with Gasteiger partial charge in [0.15, 0.2) is 35.2 Å². The monoisotopic (exact) mass is 376 g/mol. The molecule has 3 rings (SSSR count). The van der Waals surface area contributed by atoms with Gasteiger partial charge in [0.25, 0.3) is 0 Å². The van der Waals surface area contributed by atoms with E-state index in [2.05, 4.69) is 0 Å². The van der Waals surface area contributed by atoms with E-state index in [-0.39, 0.29) is 11.1 Å². The second-order valence-corrected chi connectivity index (χ2v) is 6.20. The second kappa shape index (κ2) is 6.69. The van der Waals surface area contributed by atoms with E-state index in [1.165, 1.54) is 12.1 Å². The van der Waals surface area contributed by atoms with Gasteiger partial charge in [-0.25, -0.2) is 9.59 Å². The predicted octanol–water partition coefficient (Wildman–Crippen LogP) is 1.31. The van der Waals surface area contributed by atoms with Crippen LogP contribution < -0.4 is 0 Å². The average molecular weight is 376 g/mol. The van der Waals surface area contributed by atoms with Crippen molar-refractivity contribution in [2.24, 2.45) is 0 Å². The van der Waals surface area contributed by atoms with Gasteiger partial charge >= 0.3 is 11.9 Å². The topological polar surface area (TPSA) is 165 Å². The van der Waals surface area contributed by atoms with E-state index in [9.17, 15) is 40.2 Å². The van der Waals surface area contributed by atoms with Gasteiger partial charge in [-0.05, 0) is 35.4 Å². The molecule has 0 aromatic heterocycles. The molecule has 4 atom stereocenters. The van der Waals surface area contributed by atoms with E-state index in [0.717, 1.165) is 24.3 Å². The Kier molecular flexibility index (Phi) is 4.54. The summed E-state index contributed by atoms with van der Waals surface area (Å²) < 4.78 is 5.27. The number of rotatable bonds is 4. The lowest BCUT2D eigenvalue weighted by Gasteiger charge is -2.23. The van der Waals surface area contributed by atoms with Crippen molar-refractivity contribution < 1.29 is 45.0 Å². The molecule has 1 heterocycles. The molecule has 1 aliphatic rings. The van der Waals surface area contributed by atoms with E-state index < -0.39 is 59.0 Å². The number of ether oxygens (including phenoxy) is 1. The molecular formula is C18H16O9. The summed E-state index contributed by atoms with van der Waals surface area (Å²) in [5.74, 6) is -6.71. The van der Waals surface area contributed by atoms with Gasteiger partial charge in [0.1, 0.15) is 0 Å². The van der Waals surface area contributed by atoms with Crippen LogP contribution >= 0.6 is 0 Å².